The summed E-state index contributed by atoms with van der Waals surface area (Å²) in [7, 11) is 1.88. The van der Waals surface area contributed by atoms with Crippen molar-refractivity contribution in [2.45, 2.75) is 24.9 Å². The van der Waals surface area contributed by atoms with Crippen LogP contribution in [0.4, 0.5) is 0 Å². The minimum absolute atomic E-state index is 0.145. The van der Waals surface area contributed by atoms with E-state index in [-0.39, 0.29) is 11.9 Å². The molecule has 2 saturated heterocycles. The van der Waals surface area contributed by atoms with Gasteiger partial charge in [0.1, 0.15) is 6.04 Å². The molecule has 1 N–H and O–H groups in total. The van der Waals surface area contributed by atoms with Crippen molar-refractivity contribution in [3.63, 3.8) is 0 Å². The van der Waals surface area contributed by atoms with E-state index in [0.717, 1.165) is 32.6 Å². The number of ether oxygens (including phenoxy) is 2. The van der Waals surface area contributed by atoms with Crippen molar-refractivity contribution in [3.8, 4) is 0 Å². The minimum atomic E-state index is -0.165. The third kappa shape index (κ3) is 2.72. The first kappa shape index (κ1) is 11.8. The first-order valence-electron chi connectivity index (χ1n) is 5.94. The monoisotopic (exact) mass is 228 g/mol. The van der Waals surface area contributed by atoms with E-state index in [1.165, 1.54) is 0 Å². The molecular weight excluding hydrogens is 208 g/mol. The van der Waals surface area contributed by atoms with Gasteiger partial charge < -0.3 is 19.7 Å². The molecule has 2 aliphatic rings. The Hall–Kier alpha value is -0.650. The Kier molecular flexibility index (Phi) is 4.15. The average Bonchev–Trinajstić information content (AvgIpc) is 2.39. The average molecular weight is 228 g/mol. The van der Waals surface area contributed by atoms with E-state index < -0.39 is 0 Å². The molecule has 1 amide bonds. The Morgan fingerprint density at radius 1 is 1.25 bits per heavy atom. The molecule has 2 fully saturated rings. The van der Waals surface area contributed by atoms with Gasteiger partial charge in [-0.1, -0.05) is 0 Å². The van der Waals surface area contributed by atoms with Gasteiger partial charge in [-0.25, -0.2) is 0 Å². The van der Waals surface area contributed by atoms with Crippen molar-refractivity contribution in [3.05, 3.63) is 0 Å². The van der Waals surface area contributed by atoms with E-state index in [0.29, 0.717) is 19.3 Å². The molecule has 5 heteroatoms. The third-order valence-corrected chi connectivity index (χ3v) is 3.31. The van der Waals surface area contributed by atoms with Gasteiger partial charge in [-0.2, -0.15) is 0 Å². The topological polar surface area (TPSA) is 50.8 Å². The van der Waals surface area contributed by atoms with E-state index in [2.05, 4.69) is 5.32 Å². The lowest BCUT2D eigenvalue weighted by atomic mass is 10.1. The fourth-order valence-electron chi connectivity index (χ4n) is 2.22. The molecule has 0 saturated carbocycles. The molecule has 2 aliphatic heterocycles. The second-order valence-electron chi connectivity index (χ2n) is 4.37. The molecule has 1 unspecified atom stereocenters. The summed E-state index contributed by atoms with van der Waals surface area (Å²) in [5.41, 5.74) is 0. The van der Waals surface area contributed by atoms with Crippen molar-refractivity contribution in [1.29, 1.82) is 0 Å². The van der Waals surface area contributed by atoms with E-state index in [4.69, 9.17) is 9.47 Å². The highest BCUT2D eigenvalue weighted by Gasteiger charge is 2.29. The number of carbonyl (C=O) groups excluding carboxylic acids is 1. The Morgan fingerprint density at radius 2 is 2.00 bits per heavy atom. The van der Waals surface area contributed by atoms with Gasteiger partial charge in [0.15, 0.2) is 0 Å². The van der Waals surface area contributed by atoms with Gasteiger partial charge in [0.2, 0.25) is 5.91 Å². The maximum atomic E-state index is 12.1. The smallest absolute Gasteiger partial charge is 0.242 e. The molecule has 0 radical (unpaired) electrons. The highest BCUT2D eigenvalue weighted by molar-refractivity contribution is 5.82. The van der Waals surface area contributed by atoms with E-state index in [9.17, 15) is 4.79 Å². The van der Waals surface area contributed by atoms with Gasteiger partial charge in [0.05, 0.1) is 13.2 Å². The molecule has 92 valence electrons. The van der Waals surface area contributed by atoms with Crippen LogP contribution in [-0.4, -0.2) is 62.9 Å². The summed E-state index contributed by atoms with van der Waals surface area (Å²) < 4.78 is 10.6. The van der Waals surface area contributed by atoms with Crippen molar-refractivity contribution in [1.82, 2.24) is 10.2 Å². The molecule has 0 aromatic carbocycles. The van der Waals surface area contributed by atoms with Crippen molar-refractivity contribution in [2.24, 2.45) is 0 Å². The maximum absolute atomic E-state index is 12.1. The quantitative estimate of drug-likeness (QED) is 0.699. The summed E-state index contributed by atoms with van der Waals surface area (Å²) in [4.78, 5) is 14.0. The predicted octanol–water partition coefficient (Wildman–Crippen LogP) is -0.388. The van der Waals surface area contributed by atoms with Gasteiger partial charge in [0, 0.05) is 32.8 Å². The molecule has 0 spiro atoms. The number of carbonyl (C=O) groups is 1. The molecular formula is C11H20N2O3. The third-order valence-electron chi connectivity index (χ3n) is 3.31. The molecule has 0 aromatic heterocycles. The molecule has 5 nitrogen and oxygen atoms in total. The predicted molar refractivity (Wildman–Crippen MR) is 59.2 cm³/mol. The highest BCUT2D eigenvalue weighted by atomic mass is 16.5. The van der Waals surface area contributed by atoms with Crippen LogP contribution in [0.15, 0.2) is 0 Å². The molecule has 0 aliphatic carbocycles. The van der Waals surface area contributed by atoms with Gasteiger partial charge >= 0.3 is 0 Å². The number of hydrogen-bond acceptors (Lipinski definition) is 4. The molecule has 0 bridgehead atoms. The SMILES string of the molecule is CN(C(=O)C1COCCN1)C1CCOCC1. The fraction of sp³-hybridized carbons (Fsp3) is 0.909. The van der Waals surface area contributed by atoms with Crippen LogP contribution in [0.5, 0.6) is 0 Å². The van der Waals surface area contributed by atoms with Crippen molar-refractivity contribution in [2.75, 3.05) is 40.0 Å². The first-order valence-corrected chi connectivity index (χ1v) is 5.94. The maximum Gasteiger partial charge on any atom is 0.242 e. The second-order valence-corrected chi connectivity index (χ2v) is 4.37. The summed E-state index contributed by atoms with van der Waals surface area (Å²) in [6, 6.07) is 0.159. The van der Waals surface area contributed by atoms with Crippen LogP contribution in [0.3, 0.4) is 0 Å². The normalized spacial score (nSPS) is 27.7. The molecule has 16 heavy (non-hydrogen) atoms. The van der Waals surface area contributed by atoms with E-state index >= 15 is 0 Å². The molecule has 2 rings (SSSR count). The van der Waals surface area contributed by atoms with Crippen LogP contribution < -0.4 is 5.32 Å². The van der Waals surface area contributed by atoms with E-state index in [1.54, 1.807) is 0 Å². The van der Waals surface area contributed by atoms with Gasteiger partial charge in [0.25, 0.3) is 0 Å². The summed E-state index contributed by atoms with van der Waals surface area (Å²) in [6.45, 7) is 3.48. The second kappa shape index (κ2) is 5.61. The summed E-state index contributed by atoms with van der Waals surface area (Å²) in [5, 5.41) is 3.19. The van der Waals surface area contributed by atoms with Gasteiger partial charge in [-0.15, -0.1) is 0 Å². The number of nitrogens with one attached hydrogen (secondary N) is 1. The van der Waals surface area contributed by atoms with Crippen LogP contribution in [0, 0.1) is 0 Å². The van der Waals surface area contributed by atoms with Crippen molar-refractivity contribution >= 4 is 5.91 Å². The Bertz CT molecular complexity index is 235. The number of rotatable bonds is 2. The molecule has 2 heterocycles. The highest BCUT2D eigenvalue weighted by Crippen LogP contribution is 2.14. The lowest BCUT2D eigenvalue weighted by molar-refractivity contribution is -0.138. The standard InChI is InChI=1S/C11H20N2O3/c1-13(9-2-5-15-6-3-9)11(14)10-8-16-7-4-12-10/h9-10,12H,2-8H2,1H3. The van der Waals surface area contributed by atoms with Gasteiger partial charge in [-0.05, 0) is 12.8 Å². The first-order chi connectivity index (χ1) is 7.79. The zero-order chi connectivity index (χ0) is 11.4. The zero-order valence-electron chi connectivity index (χ0n) is 9.78. The minimum Gasteiger partial charge on any atom is -0.381 e. The number of amides is 1. The van der Waals surface area contributed by atoms with Crippen molar-refractivity contribution < 1.29 is 14.3 Å². The van der Waals surface area contributed by atoms with Gasteiger partial charge in [-0.3, -0.25) is 4.79 Å². The van der Waals surface area contributed by atoms with Crippen LogP contribution in [-0.2, 0) is 14.3 Å². The summed E-state index contributed by atoms with van der Waals surface area (Å²) in [6.07, 6.45) is 1.88. The van der Waals surface area contributed by atoms with Crippen LogP contribution in [0.1, 0.15) is 12.8 Å². The Labute approximate surface area is 96.1 Å². The summed E-state index contributed by atoms with van der Waals surface area (Å²) in [5.74, 6) is 0.145. The molecule has 0 aromatic rings. The number of nitrogens with zero attached hydrogens (tertiary/aromatic N) is 1. The van der Waals surface area contributed by atoms with Crippen LogP contribution in [0.25, 0.3) is 0 Å². The fourth-order valence-corrected chi connectivity index (χ4v) is 2.22. The number of morpholine rings is 1. The Balaban J connectivity index is 1.86. The van der Waals surface area contributed by atoms with Crippen LogP contribution in [0.2, 0.25) is 0 Å². The van der Waals surface area contributed by atoms with E-state index in [1.807, 2.05) is 11.9 Å². The summed E-state index contributed by atoms with van der Waals surface area (Å²) >= 11 is 0. The molecule has 1 atom stereocenters. The number of likely N-dealkylation sites (N-methyl/N-ethyl adjacent to an activating group) is 1. The zero-order valence-corrected chi connectivity index (χ0v) is 9.78. The lowest BCUT2D eigenvalue weighted by Gasteiger charge is -2.34. The Morgan fingerprint density at radius 3 is 2.62 bits per heavy atom. The largest absolute Gasteiger partial charge is 0.381 e. The van der Waals surface area contributed by atoms with Crippen LogP contribution >= 0.6 is 0 Å². The number of hydrogen-bond donors (Lipinski definition) is 1. The lowest BCUT2D eigenvalue weighted by Crippen LogP contribution is -2.54.